The number of nitrogens with one attached hydrogen (secondary N) is 3. The van der Waals surface area contributed by atoms with Crippen molar-refractivity contribution in [1.82, 2.24) is 10.8 Å². The molecule has 0 aromatic heterocycles. The van der Waals surface area contributed by atoms with E-state index >= 15 is 0 Å². The third kappa shape index (κ3) is 4.38. The smallest absolute Gasteiger partial charge is 0.281 e. The van der Waals surface area contributed by atoms with E-state index in [0.29, 0.717) is 18.7 Å². The summed E-state index contributed by atoms with van der Waals surface area (Å²) in [6.07, 6.45) is 0.574. The van der Waals surface area contributed by atoms with E-state index in [2.05, 4.69) is 10.6 Å². The molecule has 0 saturated carbocycles. The number of carbonyl (C=O) groups excluding carboxylic acids is 2. The average Bonchev–Trinajstić information content (AvgIpc) is 2.65. The van der Waals surface area contributed by atoms with Gasteiger partial charge in [0.05, 0.1) is 6.04 Å². The lowest BCUT2D eigenvalue weighted by Crippen LogP contribution is -2.44. The molecule has 0 saturated heterocycles. The fourth-order valence-corrected chi connectivity index (χ4v) is 2.90. The van der Waals surface area contributed by atoms with Crippen LogP contribution in [-0.4, -0.2) is 29.7 Å². The zero-order valence-corrected chi connectivity index (χ0v) is 14.4. The summed E-state index contributed by atoms with van der Waals surface area (Å²) in [5, 5.41) is 14.6. The maximum absolute atomic E-state index is 12.5. The Bertz CT molecular complexity index is 822. The number of hydrogen-bond acceptors (Lipinski definition) is 5. The van der Waals surface area contributed by atoms with E-state index in [1.807, 2.05) is 43.3 Å². The molecule has 4 N–H and O–H groups in total. The first-order valence-electron chi connectivity index (χ1n) is 8.33. The van der Waals surface area contributed by atoms with Crippen LogP contribution in [0, 0.1) is 6.92 Å². The van der Waals surface area contributed by atoms with Crippen LogP contribution in [0.25, 0.3) is 0 Å². The van der Waals surface area contributed by atoms with Crippen LogP contribution in [0.5, 0.6) is 5.75 Å². The highest BCUT2D eigenvalue weighted by Crippen LogP contribution is 2.23. The normalized spacial score (nSPS) is 15.7. The number of fused-ring (bicyclic) bond motifs is 1. The number of hydroxylamine groups is 1. The predicted octanol–water partition coefficient (Wildman–Crippen LogP) is 1.53. The van der Waals surface area contributed by atoms with Crippen molar-refractivity contribution < 1.29 is 19.5 Å². The quantitative estimate of drug-likeness (QED) is 0.482. The molecule has 7 nitrogen and oxygen atoms in total. The molecular weight excluding hydrogens is 334 g/mol. The van der Waals surface area contributed by atoms with Crippen molar-refractivity contribution in [2.45, 2.75) is 25.9 Å². The molecule has 1 atom stereocenters. The molecular formula is C19H21N3O4. The van der Waals surface area contributed by atoms with E-state index < -0.39 is 5.91 Å². The molecule has 0 bridgehead atoms. The van der Waals surface area contributed by atoms with Gasteiger partial charge in [-0.25, -0.2) is 5.48 Å². The Morgan fingerprint density at radius 1 is 1.23 bits per heavy atom. The molecule has 0 aliphatic carbocycles. The van der Waals surface area contributed by atoms with Gasteiger partial charge in [0.25, 0.3) is 5.91 Å². The van der Waals surface area contributed by atoms with Crippen molar-refractivity contribution >= 4 is 17.5 Å². The Kier molecular flexibility index (Phi) is 5.50. The Morgan fingerprint density at radius 3 is 2.85 bits per heavy atom. The summed E-state index contributed by atoms with van der Waals surface area (Å²) in [5.74, 6) is -0.147. The fourth-order valence-electron chi connectivity index (χ4n) is 2.90. The van der Waals surface area contributed by atoms with Crippen LogP contribution in [-0.2, 0) is 22.6 Å². The monoisotopic (exact) mass is 355 g/mol. The molecule has 1 aliphatic rings. The molecule has 136 valence electrons. The van der Waals surface area contributed by atoms with Crippen LogP contribution in [0.2, 0.25) is 0 Å². The van der Waals surface area contributed by atoms with E-state index in [0.717, 1.165) is 22.4 Å². The van der Waals surface area contributed by atoms with E-state index in [9.17, 15) is 9.59 Å². The van der Waals surface area contributed by atoms with Gasteiger partial charge in [0, 0.05) is 12.2 Å². The molecule has 1 heterocycles. The molecule has 2 amide bonds. The van der Waals surface area contributed by atoms with Gasteiger partial charge in [-0.1, -0.05) is 18.2 Å². The third-order valence-electron chi connectivity index (χ3n) is 4.24. The number of rotatable bonds is 5. The van der Waals surface area contributed by atoms with Crippen molar-refractivity contribution in [2.24, 2.45) is 0 Å². The van der Waals surface area contributed by atoms with Gasteiger partial charge >= 0.3 is 0 Å². The van der Waals surface area contributed by atoms with Crippen molar-refractivity contribution in [1.29, 1.82) is 0 Å². The maximum atomic E-state index is 12.5. The number of benzene rings is 2. The summed E-state index contributed by atoms with van der Waals surface area (Å²) >= 11 is 0. The topological polar surface area (TPSA) is 99.7 Å². The van der Waals surface area contributed by atoms with Crippen LogP contribution >= 0.6 is 0 Å². The second-order valence-electron chi connectivity index (χ2n) is 6.25. The van der Waals surface area contributed by atoms with Crippen LogP contribution < -0.4 is 20.9 Å². The largest absolute Gasteiger partial charge is 0.484 e. The highest BCUT2D eigenvalue weighted by molar-refractivity contribution is 5.95. The van der Waals surface area contributed by atoms with Gasteiger partial charge in [0.15, 0.2) is 6.61 Å². The summed E-state index contributed by atoms with van der Waals surface area (Å²) in [6.45, 7) is 2.25. The standard InChI is InChI=1S/C19H21N3O4/c1-12-3-2-4-15(7-12)21-19(24)17-9-13-5-6-16(8-14(13)10-20-17)26-11-18(23)22-25/h2-8,17,20,25H,9-11H2,1H3,(H,21,24)(H,22,23)/t17-/m0/s1. The van der Waals surface area contributed by atoms with Crippen LogP contribution in [0.4, 0.5) is 5.69 Å². The SMILES string of the molecule is Cc1cccc(NC(=O)[C@@H]2Cc3ccc(OCC(=O)NO)cc3CN2)c1. The first-order valence-corrected chi connectivity index (χ1v) is 8.33. The molecule has 2 aromatic carbocycles. The zero-order valence-electron chi connectivity index (χ0n) is 14.4. The van der Waals surface area contributed by atoms with E-state index in [-0.39, 0.29) is 18.6 Å². The molecule has 0 spiro atoms. The van der Waals surface area contributed by atoms with Crippen molar-refractivity contribution in [3.8, 4) is 5.75 Å². The number of amides is 2. The first kappa shape index (κ1) is 17.9. The number of hydrogen-bond donors (Lipinski definition) is 4. The molecule has 0 unspecified atom stereocenters. The van der Waals surface area contributed by atoms with Crippen LogP contribution in [0.1, 0.15) is 16.7 Å². The van der Waals surface area contributed by atoms with Gasteiger partial charge in [-0.15, -0.1) is 0 Å². The number of aryl methyl sites for hydroxylation is 1. The third-order valence-corrected chi connectivity index (χ3v) is 4.24. The van der Waals surface area contributed by atoms with Crippen molar-refractivity contribution in [2.75, 3.05) is 11.9 Å². The summed E-state index contributed by atoms with van der Waals surface area (Å²) in [7, 11) is 0. The summed E-state index contributed by atoms with van der Waals surface area (Å²) in [4.78, 5) is 23.5. The van der Waals surface area contributed by atoms with Gasteiger partial charge in [-0.05, 0) is 54.3 Å². The van der Waals surface area contributed by atoms with Crippen LogP contribution in [0.15, 0.2) is 42.5 Å². The summed E-state index contributed by atoms with van der Waals surface area (Å²) < 4.78 is 5.31. The molecule has 2 aromatic rings. The summed E-state index contributed by atoms with van der Waals surface area (Å²) in [5.41, 5.74) is 5.48. The number of anilines is 1. The van der Waals surface area contributed by atoms with Crippen molar-refractivity contribution in [3.63, 3.8) is 0 Å². The minimum atomic E-state index is -0.617. The second kappa shape index (κ2) is 7.99. The number of carbonyl (C=O) groups is 2. The molecule has 3 rings (SSSR count). The molecule has 26 heavy (non-hydrogen) atoms. The van der Waals surface area contributed by atoms with Crippen molar-refractivity contribution in [3.05, 3.63) is 59.2 Å². The highest BCUT2D eigenvalue weighted by Gasteiger charge is 2.24. The molecule has 0 radical (unpaired) electrons. The lowest BCUT2D eigenvalue weighted by molar-refractivity contribution is -0.131. The molecule has 1 aliphatic heterocycles. The number of ether oxygens (including phenoxy) is 1. The Hall–Kier alpha value is -2.90. The highest BCUT2D eigenvalue weighted by atomic mass is 16.5. The Balaban J connectivity index is 1.62. The molecule has 0 fully saturated rings. The van der Waals surface area contributed by atoms with E-state index in [1.165, 1.54) is 5.48 Å². The lowest BCUT2D eigenvalue weighted by Gasteiger charge is -2.26. The first-order chi connectivity index (χ1) is 12.5. The van der Waals surface area contributed by atoms with Gasteiger partial charge in [-0.2, -0.15) is 0 Å². The summed E-state index contributed by atoms with van der Waals surface area (Å²) in [6, 6.07) is 12.9. The minimum absolute atomic E-state index is 0.0683. The predicted molar refractivity (Wildman–Crippen MR) is 96.0 cm³/mol. The Labute approximate surface area is 151 Å². The second-order valence-corrected chi connectivity index (χ2v) is 6.25. The van der Waals surface area contributed by atoms with Crippen LogP contribution in [0.3, 0.4) is 0 Å². The zero-order chi connectivity index (χ0) is 18.5. The van der Waals surface area contributed by atoms with Gasteiger partial charge in [-0.3, -0.25) is 14.8 Å². The van der Waals surface area contributed by atoms with E-state index in [4.69, 9.17) is 9.94 Å². The lowest BCUT2D eigenvalue weighted by atomic mass is 9.95. The van der Waals surface area contributed by atoms with E-state index in [1.54, 1.807) is 6.07 Å². The average molecular weight is 355 g/mol. The van der Waals surface area contributed by atoms with Gasteiger partial charge in [0.2, 0.25) is 5.91 Å². The molecule has 7 heteroatoms. The van der Waals surface area contributed by atoms with Gasteiger partial charge < -0.3 is 15.4 Å². The minimum Gasteiger partial charge on any atom is -0.484 e. The fraction of sp³-hybridized carbons (Fsp3) is 0.263. The van der Waals surface area contributed by atoms with Gasteiger partial charge in [0.1, 0.15) is 5.75 Å². The Morgan fingerprint density at radius 2 is 2.08 bits per heavy atom. The maximum Gasteiger partial charge on any atom is 0.281 e.